The third-order valence-electron chi connectivity index (χ3n) is 5.65. The van der Waals surface area contributed by atoms with E-state index in [0.717, 1.165) is 16.8 Å². The summed E-state index contributed by atoms with van der Waals surface area (Å²) in [5.41, 5.74) is 3.91. The van der Waals surface area contributed by atoms with Gasteiger partial charge >= 0.3 is 0 Å². The Morgan fingerprint density at radius 3 is 2.34 bits per heavy atom. The minimum absolute atomic E-state index is 0.0927. The standard InChI is InChI=1S/C25H21N3O3S/c1-27(2)17-9-7-16(8-10-17)15-22-23(30)28(18-11-13-19(29)14-12-18)25(32-22)20-5-3-4-6-21(20)26-24(25)31/h3-15,29H,1-2H3,(H,26,31)/b22-15-/t25-/m1/s1. The maximum atomic E-state index is 13.7. The number of hydrogen-bond acceptors (Lipinski definition) is 5. The second-order valence-corrected chi connectivity index (χ2v) is 9.13. The van der Waals surface area contributed by atoms with E-state index in [4.69, 9.17) is 0 Å². The summed E-state index contributed by atoms with van der Waals surface area (Å²) in [5.74, 6) is -0.434. The van der Waals surface area contributed by atoms with Crippen LogP contribution in [0.5, 0.6) is 5.75 Å². The van der Waals surface area contributed by atoms with Gasteiger partial charge in [-0.15, -0.1) is 0 Å². The number of nitrogens with one attached hydrogen (secondary N) is 1. The Morgan fingerprint density at radius 1 is 0.969 bits per heavy atom. The van der Waals surface area contributed by atoms with Gasteiger partial charge in [-0.05, 0) is 54.1 Å². The van der Waals surface area contributed by atoms with Crippen LogP contribution in [-0.4, -0.2) is 31.0 Å². The molecule has 3 aromatic rings. The summed E-state index contributed by atoms with van der Waals surface area (Å²) in [6.07, 6.45) is 1.82. The zero-order valence-electron chi connectivity index (χ0n) is 17.6. The zero-order chi connectivity index (χ0) is 22.5. The van der Waals surface area contributed by atoms with Crippen molar-refractivity contribution in [2.75, 3.05) is 29.2 Å². The van der Waals surface area contributed by atoms with Crippen molar-refractivity contribution >= 4 is 46.7 Å². The first-order valence-electron chi connectivity index (χ1n) is 10.1. The maximum Gasteiger partial charge on any atom is 0.266 e. The molecule has 1 atom stereocenters. The van der Waals surface area contributed by atoms with E-state index in [1.165, 1.54) is 28.8 Å². The van der Waals surface area contributed by atoms with E-state index in [0.29, 0.717) is 16.3 Å². The lowest BCUT2D eigenvalue weighted by Gasteiger charge is -2.31. The van der Waals surface area contributed by atoms with Gasteiger partial charge in [0.05, 0.1) is 4.91 Å². The van der Waals surface area contributed by atoms with Gasteiger partial charge in [-0.25, -0.2) is 0 Å². The fraction of sp³-hybridized carbons (Fsp3) is 0.120. The van der Waals surface area contributed by atoms with Gasteiger partial charge in [0.25, 0.3) is 11.8 Å². The van der Waals surface area contributed by atoms with Gasteiger partial charge in [-0.1, -0.05) is 42.1 Å². The second kappa shape index (κ2) is 7.46. The molecular formula is C25H21N3O3S. The van der Waals surface area contributed by atoms with E-state index in [1.54, 1.807) is 12.1 Å². The monoisotopic (exact) mass is 443 g/mol. The second-order valence-electron chi connectivity index (χ2n) is 7.90. The van der Waals surface area contributed by atoms with Crippen LogP contribution in [0, 0.1) is 0 Å². The van der Waals surface area contributed by atoms with E-state index in [2.05, 4.69) is 5.32 Å². The summed E-state index contributed by atoms with van der Waals surface area (Å²) in [4.78, 5) is 29.8. The van der Waals surface area contributed by atoms with Crippen LogP contribution in [0.4, 0.5) is 17.1 Å². The average Bonchev–Trinajstić information content (AvgIpc) is 3.23. The van der Waals surface area contributed by atoms with Gasteiger partial charge < -0.3 is 15.3 Å². The fourth-order valence-corrected chi connectivity index (χ4v) is 5.46. The number of benzene rings is 3. The zero-order valence-corrected chi connectivity index (χ0v) is 18.4. The molecule has 0 aliphatic carbocycles. The number of hydrogen-bond donors (Lipinski definition) is 2. The fourth-order valence-electron chi connectivity index (χ4n) is 4.05. The highest BCUT2D eigenvalue weighted by atomic mass is 32.2. The summed E-state index contributed by atoms with van der Waals surface area (Å²) in [6, 6.07) is 21.6. The average molecular weight is 444 g/mol. The van der Waals surface area contributed by atoms with Crippen LogP contribution in [0.15, 0.2) is 77.7 Å². The van der Waals surface area contributed by atoms with Crippen molar-refractivity contribution in [3.05, 3.63) is 88.8 Å². The van der Waals surface area contributed by atoms with Crippen LogP contribution in [0.2, 0.25) is 0 Å². The summed E-state index contributed by atoms with van der Waals surface area (Å²) in [5, 5.41) is 12.7. The molecule has 2 N–H and O–H groups in total. The highest BCUT2D eigenvalue weighted by Gasteiger charge is 2.60. The molecule has 0 bridgehead atoms. The summed E-state index contributed by atoms with van der Waals surface area (Å²) in [6.45, 7) is 0. The topological polar surface area (TPSA) is 72.9 Å². The van der Waals surface area contributed by atoms with Crippen molar-refractivity contribution in [2.24, 2.45) is 0 Å². The van der Waals surface area contributed by atoms with E-state index < -0.39 is 4.87 Å². The molecule has 2 aliphatic heterocycles. The molecule has 2 aliphatic rings. The molecule has 160 valence electrons. The van der Waals surface area contributed by atoms with Crippen LogP contribution in [0.1, 0.15) is 11.1 Å². The summed E-state index contributed by atoms with van der Waals surface area (Å²) >= 11 is 1.24. The number of carbonyl (C=O) groups is 2. The normalized spacial score (nSPS) is 20.7. The van der Waals surface area contributed by atoms with Crippen molar-refractivity contribution in [2.45, 2.75) is 4.87 Å². The molecule has 0 unspecified atom stereocenters. The molecule has 3 aromatic carbocycles. The smallest absolute Gasteiger partial charge is 0.266 e. The first-order valence-corrected chi connectivity index (χ1v) is 10.9. The van der Waals surface area contributed by atoms with E-state index >= 15 is 0 Å². The van der Waals surface area contributed by atoms with Crippen molar-refractivity contribution in [1.29, 1.82) is 0 Å². The molecule has 2 heterocycles. The number of rotatable bonds is 3. The molecule has 2 amide bonds. The lowest BCUT2D eigenvalue weighted by molar-refractivity contribution is -0.121. The number of nitrogens with zero attached hydrogens (tertiary/aromatic N) is 2. The quantitative estimate of drug-likeness (QED) is 0.588. The van der Waals surface area contributed by atoms with Crippen molar-refractivity contribution in [1.82, 2.24) is 0 Å². The van der Waals surface area contributed by atoms with Gasteiger partial charge in [0.1, 0.15) is 5.75 Å². The highest BCUT2D eigenvalue weighted by molar-refractivity contribution is 8.06. The van der Waals surface area contributed by atoms with Gasteiger partial charge in [0.15, 0.2) is 0 Å². The number of thioether (sulfide) groups is 1. The van der Waals surface area contributed by atoms with Crippen LogP contribution in [0.25, 0.3) is 6.08 Å². The number of amides is 2. The number of aromatic hydroxyl groups is 1. The van der Waals surface area contributed by atoms with Crippen molar-refractivity contribution < 1.29 is 14.7 Å². The number of phenolic OH excluding ortho intramolecular Hbond substituents is 1. The number of carbonyl (C=O) groups excluding carboxylic acids is 2. The Kier molecular flexibility index (Phi) is 4.71. The first-order chi connectivity index (χ1) is 15.4. The summed E-state index contributed by atoms with van der Waals surface area (Å²) in [7, 11) is 3.94. The maximum absolute atomic E-state index is 13.7. The van der Waals surface area contributed by atoms with Crippen LogP contribution >= 0.6 is 11.8 Å². The summed E-state index contributed by atoms with van der Waals surface area (Å²) < 4.78 is 0. The SMILES string of the molecule is CN(C)c1ccc(/C=C2\S[C@]3(C(=O)Nc4ccccc43)N(c3ccc(O)cc3)C2=O)cc1. The molecule has 5 rings (SSSR count). The third-order valence-corrected chi connectivity index (χ3v) is 7.05. The number of para-hydroxylation sites is 1. The predicted octanol–water partition coefficient (Wildman–Crippen LogP) is 4.38. The van der Waals surface area contributed by atoms with Crippen LogP contribution in [-0.2, 0) is 14.5 Å². The third kappa shape index (κ3) is 3.05. The Hall–Kier alpha value is -3.71. The molecule has 0 radical (unpaired) electrons. The molecule has 7 heteroatoms. The highest BCUT2D eigenvalue weighted by Crippen LogP contribution is 2.57. The van der Waals surface area contributed by atoms with Gasteiger partial charge in [-0.3, -0.25) is 14.5 Å². The van der Waals surface area contributed by atoms with Crippen molar-refractivity contribution in [3.63, 3.8) is 0 Å². The Labute approximate surface area is 190 Å². The van der Waals surface area contributed by atoms with Gasteiger partial charge in [-0.2, -0.15) is 0 Å². The van der Waals surface area contributed by atoms with E-state index in [1.807, 2.05) is 73.6 Å². The minimum Gasteiger partial charge on any atom is -0.508 e. The molecule has 1 fully saturated rings. The molecule has 32 heavy (non-hydrogen) atoms. The van der Waals surface area contributed by atoms with E-state index in [9.17, 15) is 14.7 Å². The lowest BCUT2D eigenvalue weighted by Crippen LogP contribution is -2.47. The Morgan fingerprint density at radius 2 is 1.66 bits per heavy atom. The van der Waals surface area contributed by atoms with Crippen LogP contribution in [0.3, 0.4) is 0 Å². The largest absolute Gasteiger partial charge is 0.508 e. The Bertz CT molecular complexity index is 1250. The molecule has 6 nitrogen and oxygen atoms in total. The van der Waals surface area contributed by atoms with Gasteiger partial charge in [0, 0.05) is 36.7 Å². The minimum atomic E-state index is -1.25. The molecule has 1 saturated heterocycles. The van der Waals surface area contributed by atoms with E-state index in [-0.39, 0.29) is 17.6 Å². The predicted molar refractivity (Wildman–Crippen MR) is 129 cm³/mol. The number of fused-ring (bicyclic) bond motifs is 2. The van der Waals surface area contributed by atoms with Crippen LogP contribution < -0.4 is 15.1 Å². The number of phenols is 1. The molecule has 0 aromatic heterocycles. The van der Waals surface area contributed by atoms with Gasteiger partial charge in [0.2, 0.25) is 4.87 Å². The lowest BCUT2D eigenvalue weighted by atomic mass is 10.0. The van der Waals surface area contributed by atoms with Crippen molar-refractivity contribution in [3.8, 4) is 5.75 Å². The molecular weight excluding hydrogens is 422 g/mol. The number of anilines is 3. The molecule has 1 spiro atoms. The molecule has 0 saturated carbocycles. The Balaban J connectivity index is 1.65. The first kappa shape index (κ1) is 20.2.